The molecule has 0 spiro atoms. The third-order valence-corrected chi connectivity index (χ3v) is 2.99. The topological polar surface area (TPSA) is 130 Å². The minimum absolute atomic E-state index is 0.0201. The molecular weight excluding hydrogens is 342 g/mol. The number of hydrogen-bond acceptors (Lipinski definition) is 9. The zero-order valence-corrected chi connectivity index (χ0v) is 14.2. The van der Waals surface area contributed by atoms with Gasteiger partial charge in [0.15, 0.2) is 11.5 Å². The molecule has 10 heteroatoms. The van der Waals surface area contributed by atoms with Gasteiger partial charge in [0.2, 0.25) is 5.95 Å². The predicted molar refractivity (Wildman–Crippen MR) is 92.0 cm³/mol. The fraction of sp³-hybridized carbons (Fsp3) is 0.188. The summed E-state index contributed by atoms with van der Waals surface area (Å²) in [6, 6.07) is 4.23. The van der Waals surface area contributed by atoms with E-state index in [1.807, 2.05) is 0 Å². The average Bonchev–Trinajstić information content (AvgIpc) is 2.56. The lowest BCUT2D eigenvalue weighted by Crippen LogP contribution is -2.35. The van der Waals surface area contributed by atoms with E-state index in [2.05, 4.69) is 16.5 Å². The number of nitrogens with zero attached hydrogens (tertiary/aromatic N) is 4. The van der Waals surface area contributed by atoms with Gasteiger partial charge in [-0.1, -0.05) is 6.08 Å². The van der Waals surface area contributed by atoms with E-state index in [4.69, 9.17) is 15.3 Å². The van der Waals surface area contributed by atoms with Gasteiger partial charge in [-0.2, -0.15) is 4.98 Å². The number of esters is 2. The summed E-state index contributed by atoms with van der Waals surface area (Å²) in [7, 11) is 0. The minimum Gasteiger partial charge on any atom is -0.423 e. The minimum atomic E-state index is -0.650. The van der Waals surface area contributed by atoms with Gasteiger partial charge in [-0.3, -0.25) is 19.2 Å². The number of carbonyl (C=O) groups excluding carboxylic acids is 2. The van der Waals surface area contributed by atoms with Crippen molar-refractivity contribution in [1.29, 1.82) is 0 Å². The van der Waals surface area contributed by atoms with E-state index in [1.54, 1.807) is 0 Å². The largest absolute Gasteiger partial charge is 0.423 e. The molecule has 0 aliphatic carbocycles. The molecule has 0 radical (unpaired) electrons. The molecule has 0 amide bonds. The summed E-state index contributed by atoms with van der Waals surface area (Å²) in [4.78, 5) is 42.5. The van der Waals surface area contributed by atoms with E-state index < -0.39 is 17.6 Å². The van der Waals surface area contributed by atoms with Crippen LogP contribution < -0.4 is 26.0 Å². The molecule has 136 valence electrons. The first-order valence-corrected chi connectivity index (χ1v) is 7.42. The van der Waals surface area contributed by atoms with Crippen molar-refractivity contribution < 1.29 is 19.1 Å². The Balaban J connectivity index is 2.44. The third-order valence-electron chi connectivity index (χ3n) is 2.99. The van der Waals surface area contributed by atoms with Crippen LogP contribution in [0.4, 0.5) is 5.95 Å². The van der Waals surface area contributed by atoms with Crippen molar-refractivity contribution in [2.75, 3.05) is 11.6 Å². The molecule has 1 heterocycles. The number of carbonyl (C=O) groups is 2. The Morgan fingerprint density at radius 3 is 2.50 bits per heavy atom. The Kier molecular flexibility index (Phi) is 5.81. The fourth-order valence-electron chi connectivity index (χ4n) is 1.98. The lowest BCUT2D eigenvalue weighted by Gasteiger charge is -2.14. The lowest BCUT2D eigenvalue weighted by molar-refractivity contribution is -0.134. The second kappa shape index (κ2) is 8.03. The number of benzene rings is 1. The highest BCUT2D eigenvalue weighted by molar-refractivity contribution is 5.74. The zero-order valence-electron chi connectivity index (χ0n) is 14.2. The molecule has 2 N–H and O–H groups in total. The van der Waals surface area contributed by atoms with Gasteiger partial charge in [-0.25, -0.2) is 15.6 Å². The maximum absolute atomic E-state index is 12.3. The van der Waals surface area contributed by atoms with Crippen molar-refractivity contribution in [3.63, 3.8) is 0 Å². The second-order valence-corrected chi connectivity index (χ2v) is 5.07. The summed E-state index contributed by atoms with van der Waals surface area (Å²) in [5.74, 6) is 4.55. The molecule has 0 aliphatic heterocycles. The monoisotopic (exact) mass is 359 g/mol. The number of aromatic nitrogens is 3. The van der Waals surface area contributed by atoms with Crippen molar-refractivity contribution in [2.45, 2.75) is 13.8 Å². The van der Waals surface area contributed by atoms with Crippen LogP contribution in [-0.4, -0.2) is 33.0 Å². The maximum atomic E-state index is 12.3. The van der Waals surface area contributed by atoms with Gasteiger partial charge in [0.25, 0.3) is 0 Å². The van der Waals surface area contributed by atoms with E-state index in [1.165, 1.54) is 44.4 Å². The van der Waals surface area contributed by atoms with E-state index in [9.17, 15) is 14.4 Å². The Morgan fingerprint density at radius 2 is 1.92 bits per heavy atom. The maximum Gasteiger partial charge on any atom is 0.356 e. The van der Waals surface area contributed by atoms with E-state index in [-0.39, 0.29) is 24.0 Å². The molecule has 0 bridgehead atoms. The van der Waals surface area contributed by atoms with Crippen LogP contribution in [0.15, 0.2) is 42.0 Å². The smallest absolute Gasteiger partial charge is 0.356 e. The van der Waals surface area contributed by atoms with Crippen LogP contribution in [0.1, 0.15) is 13.8 Å². The van der Waals surface area contributed by atoms with Crippen LogP contribution in [-0.2, 0) is 9.59 Å². The van der Waals surface area contributed by atoms with Crippen LogP contribution in [0.2, 0.25) is 0 Å². The number of rotatable bonds is 6. The summed E-state index contributed by atoms with van der Waals surface area (Å²) >= 11 is 0. The average molecular weight is 359 g/mol. The van der Waals surface area contributed by atoms with Crippen LogP contribution in [0.3, 0.4) is 0 Å². The second-order valence-electron chi connectivity index (χ2n) is 5.07. The Morgan fingerprint density at radius 1 is 1.27 bits per heavy atom. The van der Waals surface area contributed by atoms with E-state index >= 15 is 0 Å². The van der Waals surface area contributed by atoms with Crippen LogP contribution in [0.25, 0.3) is 5.69 Å². The molecule has 0 aliphatic rings. The Labute approximate surface area is 148 Å². The number of hydrogen-bond donors (Lipinski definition) is 1. The molecule has 0 saturated heterocycles. The lowest BCUT2D eigenvalue weighted by atomic mass is 10.2. The number of anilines is 1. The molecule has 1 aromatic carbocycles. The molecule has 0 saturated carbocycles. The highest BCUT2D eigenvalue weighted by Gasteiger charge is 2.14. The summed E-state index contributed by atoms with van der Waals surface area (Å²) < 4.78 is 11.1. The number of ether oxygens (including phenoxy) is 2. The highest BCUT2D eigenvalue weighted by Crippen LogP contribution is 2.29. The van der Waals surface area contributed by atoms with Gasteiger partial charge in [0.1, 0.15) is 6.33 Å². The first-order chi connectivity index (χ1) is 12.3. The summed E-state index contributed by atoms with van der Waals surface area (Å²) in [5, 5.41) is 1.16. The molecule has 10 nitrogen and oxygen atoms in total. The molecule has 0 atom stereocenters. The van der Waals surface area contributed by atoms with Gasteiger partial charge in [0.05, 0.1) is 12.2 Å². The summed E-state index contributed by atoms with van der Waals surface area (Å²) in [6.45, 7) is 6.21. The van der Waals surface area contributed by atoms with Crippen molar-refractivity contribution >= 4 is 17.9 Å². The molecule has 2 rings (SSSR count). The summed E-state index contributed by atoms with van der Waals surface area (Å²) in [5.41, 5.74) is -0.343. The molecule has 0 unspecified atom stereocenters. The van der Waals surface area contributed by atoms with Crippen molar-refractivity contribution in [2.24, 2.45) is 5.84 Å². The van der Waals surface area contributed by atoms with Crippen LogP contribution in [0, 0.1) is 0 Å². The van der Waals surface area contributed by atoms with Gasteiger partial charge < -0.3 is 9.47 Å². The molecule has 1 aromatic heterocycles. The van der Waals surface area contributed by atoms with Gasteiger partial charge >= 0.3 is 17.6 Å². The van der Waals surface area contributed by atoms with E-state index in [0.717, 1.165) is 9.58 Å². The molecule has 0 fully saturated rings. The first kappa shape index (κ1) is 18.8. The Hall–Kier alpha value is -3.53. The van der Waals surface area contributed by atoms with E-state index in [0.29, 0.717) is 5.69 Å². The van der Waals surface area contributed by atoms with Crippen LogP contribution >= 0.6 is 0 Å². The number of nitrogens with two attached hydrogens (primary N) is 1. The quantitative estimate of drug-likeness (QED) is 0.255. The normalized spacial score (nSPS) is 10.1. The molecular formula is C16H17N5O5. The Bertz CT molecular complexity index is 908. The van der Waals surface area contributed by atoms with Crippen molar-refractivity contribution in [3.05, 3.63) is 47.7 Å². The zero-order chi connectivity index (χ0) is 19.3. The predicted octanol–water partition coefficient (Wildman–Crippen LogP) is 0.344. The van der Waals surface area contributed by atoms with Gasteiger partial charge in [-0.15, -0.1) is 6.58 Å². The first-order valence-electron chi connectivity index (χ1n) is 7.42. The fourth-order valence-corrected chi connectivity index (χ4v) is 1.98. The SMILES string of the molecule is C=CCN(N)c1ncn(-c2ccc(OC(C)=O)c(OC(C)=O)c2)c(=O)n1. The highest BCUT2D eigenvalue weighted by atomic mass is 16.6. The molecule has 2 aromatic rings. The summed E-state index contributed by atoms with van der Waals surface area (Å²) in [6.07, 6.45) is 2.76. The van der Waals surface area contributed by atoms with Crippen molar-refractivity contribution in [3.8, 4) is 17.2 Å². The molecule has 26 heavy (non-hydrogen) atoms. The van der Waals surface area contributed by atoms with Gasteiger partial charge in [-0.05, 0) is 12.1 Å². The standard InChI is InChI=1S/C16H17N5O5/c1-4-7-21(17)15-18-9-20(16(24)19-15)12-5-6-13(25-10(2)22)14(8-12)26-11(3)23/h4-6,8-9H,1,7,17H2,2-3H3. The van der Waals surface area contributed by atoms with Gasteiger partial charge in [0, 0.05) is 19.9 Å². The number of hydrazine groups is 1. The van der Waals surface area contributed by atoms with Crippen LogP contribution in [0.5, 0.6) is 11.5 Å². The third kappa shape index (κ3) is 4.51. The van der Waals surface area contributed by atoms with Crippen molar-refractivity contribution in [1.82, 2.24) is 14.5 Å².